The van der Waals surface area contributed by atoms with E-state index in [2.05, 4.69) is 15.3 Å². The van der Waals surface area contributed by atoms with Crippen molar-refractivity contribution in [1.29, 1.82) is 0 Å². The van der Waals surface area contributed by atoms with E-state index in [1.807, 2.05) is 73.3 Å². The summed E-state index contributed by atoms with van der Waals surface area (Å²) in [5.41, 5.74) is 2.59. The van der Waals surface area contributed by atoms with Crippen molar-refractivity contribution in [2.24, 2.45) is 0 Å². The predicted octanol–water partition coefficient (Wildman–Crippen LogP) is 3.02. The highest BCUT2D eigenvalue weighted by Crippen LogP contribution is 2.36. The van der Waals surface area contributed by atoms with Crippen LogP contribution in [0.15, 0.2) is 60.9 Å². The highest BCUT2D eigenvalue weighted by Gasteiger charge is 2.49. The zero-order valence-corrected chi connectivity index (χ0v) is 17.6. The molecule has 0 amide bonds. The first-order valence-electron chi connectivity index (χ1n) is 10.5. The van der Waals surface area contributed by atoms with Crippen LogP contribution < -0.4 is 0 Å². The van der Waals surface area contributed by atoms with Crippen molar-refractivity contribution in [2.45, 2.75) is 50.6 Å². The molecular formula is C23H26N4O4. The molecule has 0 unspecified atom stereocenters. The molecule has 31 heavy (non-hydrogen) atoms. The molecule has 2 aromatic heterocycles. The van der Waals surface area contributed by atoms with Gasteiger partial charge in [-0.15, -0.1) is 5.10 Å². The number of hydrogen-bond donors (Lipinski definition) is 0. The summed E-state index contributed by atoms with van der Waals surface area (Å²) in [6.45, 7) is 5.22. The molecule has 2 fully saturated rings. The van der Waals surface area contributed by atoms with Gasteiger partial charge in [-0.25, -0.2) is 4.68 Å². The Labute approximate surface area is 181 Å². The van der Waals surface area contributed by atoms with Gasteiger partial charge in [0, 0.05) is 6.20 Å². The van der Waals surface area contributed by atoms with Crippen LogP contribution in [0.5, 0.6) is 0 Å². The van der Waals surface area contributed by atoms with Crippen molar-refractivity contribution in [3.8, 4) is 11.4 Å². The molecule has 0 aliphatic carbocycles. The second-order valence-corrected chi connectivity index (χ2v) is 8.29. The monoisotopic (exact) mass is 422 g/mol. The maximum Gasteiger partial charge on any atom is 0.163 e. The number of rotatable bonds is 6. The van der Waals surface area contributed by atoms with E-state index in [-0.39, 0.29) is 24.4 Å². The average molecular weight is 422 g/mol. The maximum atomic E-state index is 6.40. The summed E-state index contributed by atoms with van der Waals surface area (Å²) >= 11 is 0. The van der Waals surface area contributed by atoms with Crippen molar-refractivity contribution in [1.82, 2.24) is 20.0 Å². The minimum Gasteiger partial charge on any atom is -0.370 e. The van der Waals surface area contributed by atoms with Crippen LogP contribution in [0.3, 0.4) is 0 Å². The van der Waals surface area contributed by atoms with Crippen molar-refractivity contribution >= 4 is 0 Å². The third-order valence-corrected chi connectivity index (χ3v) is 5.62. The van der Waals surface area contributed by atoms with E-state index in [1.54, 1.807) is 6.20 Å². The first-order chi connectivity index (χ1) is 15.1. The zero-order valence-electron chi connectivity index (χ0n) is 17.6. The Morgan fingerprint density at radius 2 is 1.90 bits per heavy atom. The Morgan fingerprint density at radius 1 is 1.06 bits per heavy atom. The lowest BCUT2D eigenvalue weighted by Crippen LogP contribution is -2.41. The van der Waals surface area contributed by atoms with E-state index in [9.17, 15) is 0 Å². The van der Waals surface area contributed by atoms with Crippen LogP contribution in [0.1, 0.15) is 25.5 Å². The van der Waals surface area contributed by atoms with Crippen LogP contribution in [0.4, 0.5) is 0 Å². The summed E-state index contributed by atoms with van der Waals surface area (Å²) in [5.74, 6) is -0.629. The van der Waals surface area contributed by atoms with E-state index in [4.69, 9.17) is 18.9 Å². The lowest BCUT2D eigenvalue weighted by Gasteiger charge is -2.27. The van der Waals surface area contributed by atoms with E-state index < -0.39 is 5.79 Å². The van der Waals surface area contributed by atoms with Gasteiger partial charge in [-0.05, 0) is 31.5 Å². The topological polar surface area (TPSA) is 80.5 Å². The molecule has 3 aromatic rings. The second kappa shape index (κ2) is 8.47. The maximum absolute atomic E-state index is 6.40. The summed E-state index contributed by atoms with van der Waals surface area (Å²) in [6, 6.07) is 15.7. The zero-order chi connectivity index (χ0) is 21.3. The Hall–Kier alpha value is -2.65. The summed E-state index contributed by atoms with van der Waals surface area (Å²) in [7, 11) is 0. The highest BCUT2D eigenvalue weighted by atomic mass is 16.8. The Balaban J connectivity index is 1.38. The average Bonchev–Trinajstić information content (AvgIpc) is 3.51. The third-order valence-electron chi connectivity index (χ3n) is 5.62. The Morgan fingerprint density at radius 3 is 2.65 bits per heavy atom. The SMILES string of the molecule is CC1(C)OC[C@H]([C@H]2OC[C@H](n3cc(-c4ccccn4)nn3)[C@@H]2OCc2ccccc2)O1. The van der Waals surface area contributed by atoms with Gasteiger partial charge in [0.2, 0.25) is 0 Å². The third kappa shape index (κ3) is 4.38. The second-order valence-electron chi connectivity index (χ2n) is 8.29. The first-order valence-corrected chi connectivity index (χ1v) is 10.5. The fourth-order valence-electron chi connectivity index (χ4n) is 4.08. The molecule has 8 heteroatoms. The molecule has 5 rings (SSSR count). The van der Waals surface area contributed by atoms with Gasteiger partial charge in [-0.2, -0.15) is 0 Å². The highest BCUT2D eigenvalue weighted by molar-refractivity contribution is 5.51. The number of ether oxygens (including phenoxy) is 4. The van der Waals surface area contributed by atoms with Crippen molar-refractivity contribution in [3.05, 3.63) is 66.5 Å². The minimum atomic E-state index is -0.629. The molecule has 2 aliphatic rings. The van der Waals surface area contributed by atoms with Gasteiger partial charge in [-0.1, -0.05) is 41.6 Å². The molecule has 2 aliphatic heterocycles. The van der Waals surface area contributed by atoms with Crippen molar-refractivity contribution < 1.29 is 18.9 Å². The van der Waals surface area contributed by atoms with E-state index >= 15 is 0 Å². The van der Waals surface area contributed by atoms with E-state index in [0.29, 0.717) is 25.5 Å². The number of aromatic nitrogens is 4. The Kier molecular flexibility index (Phi) is 5.54. The molecule has 1 aromatic carbocycles. The molecule has 2 saturated heterocycles. The minimum absolute atomic E-state index is 0.133. The van der Waals surface area contributed by atoms with Crippen LogP contribution in [-0.2, 0) is 25.6 Å². The number of hydrogen-bond acceptors (Lipinski definition) is 7. The molecule has 4 atom stereocenters. The van der Waals surface area contributed by atoms with Crippen LogP contribution in [-0.4, -0.2) is 57.3 Å². The lowest BCUT2D eigenvalue weighted by atomic mass is 10.0. The summed E-state index contributed by atoms with van der Waals surface area (Å²) in [4.78, 5) is 4.36. The van der Waals surface area contributed by atoms with Gasteiger partial charge in [0.05, 0.1) is 31.7 Å². The van der Waals surface area contributed by atoms with Crippen molar-refractivity contribution in [2.75, 3.05) is 13.2 Å². The van der Waals surface area contributed by atoms with Crippen LogP contribution in [0, 0.1) is 0 Å². The van der Waals surface area contributed by atoms with Gasteiger partial charge in [0.1, 0.15) is 30.0 Å². The summed E-state index contributed by atoms with van der Waals surface area (Å²) in [6.07, 6.45) is 2.90. The van der Waals surface area contributed by atoms with Gasteiger partial charge in [-0.3, -0.25) is 4.98 Å². The number of pyridine rings is 1. The fourth-order valence-corrected chi connectivity index (χ4v) is 4.08. The van der Waals surface area contributed by atoms with E-state index in [0.717, 1.165) is 11.3 Å². The van der Waals surface area contributed by atoms with Gasteiger partial charge in [0.25, 0.3) is 0 Å². The predicted molar refractivity (Wildman–Crippen MR) is 112 cm³/mol. The van der Waals surface area contributed by atoms with Gasteiger partial charge >= 0.3 is 0 Å². The largest absolute Gasteiger partial charge is 0.370 e. The molecule has 0 bridgehead atoms. The number of benzene rings is 1. The molecule has 0 spiro atoms. The smallest absolute Gasteiger partial charge is 0.163 e. The lowest BCUT2D eigenvalue weighted by molar-refractivity contribution is -0.162. The quantitative estimate of drug-likeness (QED) is 0.604. The van der Waals surface area contributed by atoms with Gasteiger partial charge in [0.15, 0.2) is 5.79 Å². The summed E-state index contributed by atoms with van der Waals surface area (Å²) < 4.78 is 26.3. The fraction of sp³-hybridized carbons (Fsp3) is 0.435. The van der Waals surface area contributed by atoms with Crippen LogP contribution in [0.25, 0.3) is 11.4 Å². The number of nitrogens with zero attached hydrogens (tertiary/aromatic N) is 4. The van der Waals surface area contributed by atoms with Crippen LogP contribution >= 0.6 is 0 Å². The van der Waals surface area contributed by atoms with Crippen LogP contribution in [0.2, 0.25) is 0 Å². The summed E-state index contributed by atoms with van der Waals surface area (Å²) in [5, 5.41) is 8.68. The first kappa shape index (κ1) is 20.3. The normalized spacial score (nSPS) is 27.5. The standard InChI is InChI=1S/C23H26N4O4/c1-23(2)30-15-20(31-23)22-21(28-13-16-8-4-3-5-9-16)19(14-29-22)27-12-18(25-26-27)17-10-6-7-11-24-17/h3-12,19-22H,13-15H2,1-2H3/t19-,20+,21-,22+/m0/s1. The molecule has 0 saturated carbocycles. The van der Waals surface area contributed by atoms with Gasteiger partial charge < -0.3 is 18.9 Å². The molecular weight excluding hydrogens is 396 g/mol. The molecule has 4 heterocycles. The van der Waals surface area contributed by atoms with E-state index in [1.165, 1.54) is 0 Å². The van der Waals surface area contributed by atoms with Crippen molar-refractivity contribution in [3.63, 3.8) is 0 Å². The molecule has 162 valence electrons. The molecule has 8 nitrogen and oxygen atoms in total. The Bertz CT molecular complexity index is 995. The molecule has 0 radical (unpaired) electrons. The molecule has 0 N–H and O–H groups in total.